The number of hydrogen-bond donors (Lipinski definition) is 2. The fourth-order valence-corrected chi connectivity index (χ4v) is 5.49. The fraction of sp³-hybridized carbons (Fsp3) is 0.906. The molecule has 0 fully saturated rings. The van der Waals surface area contributed by atoms with Crippen molar-refractivity contribution in [2.24, 2.45) is 0 Å². The Hall–Kier alpha value is 0.770. The number of nitrogens with one attached hydrogen (secondary N) is 2. The minimum atomic E-state index is -4.25. The van der Waals surface area contributed by atoms with Gasteiger partial charge in [-0.15, -0.1) is 0 Å². The summed E-state index contributed by atoms with van der Waals surface area (Å²) in [5.41, 5.74) is 0. The van der Waals surface area contributed by atoms with Crippen LogP contribution in [0, 0.1) is 6.92 Å². The summed E-state index contributed by atoms with van der Waals surface area (Å²) < 4.78 is 33.3. The molecule has 12 heteroatoms. The van der Waals surface area contributed by atoms with Crippen molar-refractivity contribution in [3.8, 4) is 0 Å². The van der Waals surface area contributed by atoms with Crippen LogP contribution in [0.15, 0.2) is 0 Å². The molecule has 0 saturated carbocycles. The van der Waals surface area contributed by atoms with E-state index in [4.69, 9.17) is 0 Å². The Labute approximate surface area is 315 Å². The first-order valence-corrected chi connectivity index (χ1v) is 18.5. The summed E-state index contributed by atoms with van der Waals surface area (Å²) in [6, 6.07) is 0. The number of unbranched alkanes of at least 4 members (excludes halogenated alkanes) is 12. The van der Waals surface area contributed by atoms with Crippen LogP contribution in [0.4, 0.5) is 0 Å². The van der Waals surface area contributed by atoms with E-state index in [1.165, 1.54) is 64.2 Å². The van der Waals surface area contributed by atoms with Gasteiger partial charge in [0, 0.05) is 57.9 Å². The first-order valence-electron chi connectivity index (χ1n) is 16.9. The fourth-order valence-electron chi connectivity index (χ4n) is 5.01. The van der Waals surface area contributed by atoms with E-state index in [9.17, 15) is 22.6 Å². The van der Waals surface area contributed by atoms with Crippen molar-refractivity contribution < 1.29 is 81.7 Å². The van der Waals surface area contributed by atoms with Crippen molar-refractivity contribution in [1.29, 1.82) is 0 Å². The third-order valence-electron chi connectivity index (χ3n) is 7.59. The Morgan fingerprint density at radius 1 is 0.591 bits per heavy atom. The summed E-state index contributed by atoms with van der Waals surface area (Å²) >= 11 is 0. The molecule has 0 aromatic carbocycles. The molecule has 0 aliphatic carbocycles. The second kappa shape index (κ2) is 35.1. The maximum absolute atomic E-state index is 12.3. The topological polar surface area (TPSA) is 122 Å². The van der Waals surface area contributed by atoms with Crippen molar-refractivity contribution in [2.75, 3.05) is 58.1 Å². The van der Waals surface area contributed by atoms with Crippen molar-refractivity contribution >= 4 is 21.9 Å². The maximum Gasteiger partial charge on any atom is 1.00 e. The SMILES string of the molecule is [CH2-]CCN(CCNC(=O)CCCCCCCCC)CCN(CCCS(=O)(=O)[O-])CCNC(=O)CCCCCCCCC.[Na+].[Na+]. The average Bonchev–Trinajstić information content (AvgIpc) is 2.93. The van der Waals surface area contributed by atoms with Crippen LogP contribution < -0.4 is 69.7 Å². The number of rotatable bonds is 31. The molecule has 2 amide bonds. The summed E-state index contributed by atoms with van der Waals surface area (Å²) in [5, 5.41) is 6.03. The van der Waals surface area contributed by atoms with Gasteiger partial charge in [-0.3, -0.25) is 9.59 Å². The van der Waals surface area contributed by atoms with Gasteiger partial charge in [0.1, 0.15) is 0 Å². The van der Waals surface area contributed by atoms with Crippen LogP contribution in [0.3, 0.4) is 0 Å². The van der Waals surface area contributed by atoms with Crippen LogP contribution in [0.5, 0.6) is 0 Å². The molecule has 0 bridgehead atoms. The summed E-state index contributed by atoms with van der Waals surface area (Å²) in [6.07, 6.45) is 18.6. The molecule has 0 atom stereocenters. The van der Waals surface area contributed by atoms with Crippen LogP contribution >= 0.6 is 0 Å². The third kappa shape index (κ3) is 35.6. The molecule has 44 heavy (non-hydrogen) atoms. The van der Waals surface area contributed by atoms with E-state index >= 15 is 0 Å². The number of nitrogens with zero attached hydrogens (tertiary/aromatic N) is 2. The molecule has 0 rings (SSSR count). The zero-order valence-corrected chi connectivity index (χ0v) is 34.0. The van der Waals surface area contributed by atoms with Crippen molar-refractivity contribution in [3.63, 3.8) is 0 Å². The zero-order valence-electron chi connectivity index (χ0n) is 29.1. The van der Waals surface area contributed by atoms with Gasteiger partial charge in [0.2, 0.25) is 11.8 Å². The quantitative estimate of drug-likeness (QED) is 0.0435. The van der Waals surface area contributed by atoms with E-state index in [0.29, 0.717) is 45.6 Å². The van der Waals surface area contributed by atoms with Gasteiger partial charge in [0.15, 0.2) is 0 Å². The molecule has 9 nitrogen and oxygen atoms in total. The molecule has 0 spiro atoms. The second-order valence-electron chi connectivity index (χ2n) is 11.6. The Kier molecular flexibility index (Phi) is 39.2. The van der Waals surface area contributed by atoms with E-state index in [0.717, 1.165) is 51.7 Å². The van der Waals surface area contributed by atoms with Crippen LogP contribution in [0.25, 0.3) is 0 Å². The molecular formula is C32H64N4Na2O5S. The molecule has 0 aromatic rings. The minimum Gasteiger partial charge on any atom is -0.748 e. The van der Waals surface area contributed by atoms with Crippen LogP contribution in [-0.2, 0) is 19.7 Å². The number of hydrogen-bond acceptors (Lipinski definition) is 7. The van der Waals surface area contributed by atoms with Gasteiger partial charge in [-0.1, -0.05) is 90.9 Å². The Morgan fingerprint density at radius 2 is 0.977 bits per heavy atom. The second-order valence-corrected chi connectivity index (χ2v) is 13.1. The average molecular weight is 663 g/mol. The monoisotopic (exact) mass is 662 g/mol. The summed E-state index contributed by atoms with van der Waals surface area (Å²) in [4.78, 5) is 28.9. The van der Waals surface area contributed by atoms with Crippen LogP contribution in [-0.4, -0.2) is 92.7 Å². The molecule has 0 aliphatic rings. The first kappa shape index (κ1) is 49.2. The number of amides is 2. The molecule has 0 aromatic heterocycles. The molecule has 0 saturated heterocycles. The van der Waals surface area contributed by atoms with Crippen molar-refractivity contribution in [1.82, 2.24) is 20.4 Å². The molecule has 0 radical (unpaired) electrons. The van der Waals surface area contributed by atoms with Gasteiger partial charge in [-0.05, 0) is 32.4 Å². The van der Waals surface area contributed by atoms with E-state index in [2.05, 4.69) is 41.2 Å². The van der Waals surface area contributed by atoms with Gasteiger partial charge in [0.05, 0.1) is 10.1 Å². The Morgan fingerprint density at radius 3 is 1.36 bits per heavy atom. The summed E-state index contributed by atoms with van der Waals surface area (Å²) in [7, 11) is -4.25. The molecule has 0 aliphatic heterocycles. The predicted molar refractivity (Wildman–Crippen MR) is 173 cm³/mol. The maximum atomic E-state index is 12.3. The summed E-state index contributed by atoms with van der Waals surface area (Å²) in [5.74, 6) is -0.232. The van der Waals surface area contributed by atoms with Crippen LogP contribution in [0.2, 0.25) is 0 Å². The van der Waals surface area contributed by atoms with Crippen molar-refractivity contribution in [2.45, 2.75) is 129 Å². The standard InChI is InChI=1S/C32H65N4O5S.2Na/c1-4-7-9-11-13-15-17-20-31(37)33-22-26-35(24-6-3)28-29-36(25-19-30-42(39,40)41)27-23-34-32(38)21-18-16-14-12-10-8-5-2;;/h3-30H2,1-2H3,(H,33,37)(H,34,38)(H,39,40,41);;/q-1;2*+1/p-1. The van der Waals surface area contributed by atoms with Crippen molar-refractivity contribution in [3.05, 3.63) is 6.92 Å². The van der Waals surface area contributed by atoms with E-state index in [-0.39, 0.29) is 83.1 Å². The normalized spacial score (nSPS) is 11.3. The molecular weight excluding hydrogens is 598 g/mol. The third-order valence-corrected chi connectivity index (χ3v) is 8.38. The van der Waals surface area contributed by atoms with Gasteiger partial charge >= 0.3 is 59.1 Å². The largest absolute Gasteiger partial charge is 1.00 e. The molecule has 250 valence electrons. The van der Waals surface area contributed by atoms with E-state index in [1.807, 2.05) is 0 Å². The number of carbonyl (C=O) groups is 2. The molecule has 0 unspecified atom stereocenters. The minimum absolute atomic E-state index is 0. The Balaban J connectivity index is -0.00000840. The van der Waals surface area contributed by atoms with Gasteiger partial charge in [-0.25, -0.2) is 8.42 Å². The molecule has 0 heterocycles. The van der Waals surface area contributed by atoms with Crippen LogP contribution in [0.1, 0.15) is 129 Å². The van der Waals surface area contributed by atoms with E-state index in [1.54, 1.807) is 0 Å². The smallest absolute Gasteiger partial charge is 0.748 e. The number of carbonyl (C=O) groups excluding carboxylic acids is 2. The first-order chi connectivity index (χ1) is 20.2. The summed E-state index contributed by atoms with van der Waals surface area (Å²) in [6.45, 7) is 13.5. The predicted octanol–water partition coefficient (Wildman–Crippen LogP) is -0.728. The molecule has 2 N–H and O–H groups in total. The van der Waals surface area contributed by atoms with E-state index < -0.39 is 10.1 Å². The van der Waals surface area contributed by atoms with Gasteiger partial charge in [0.25, 0.3) is 0 Å². The van der Waals surface area contributed by atoms with Gasteiger partial charge in [-0.2, -0.15) is 6.42 Å². The zero-order chi connectivity index (χ0) is 31.3. The Bertz CT molecular complexity index is 763. The van der Waals surface area contributed by atoms with Gasteiger partial charge < -0.3 is 31.9 Å².